The Morgan fingerprint density at radius 2 is 0.571 bits per heavy atom. The lowest BCUT2D eigenvalue weighted by Crippen LogP contribution is -2.10. The van der Waals surface area contributed by atoms with Gasteiger partial charge in [-0.2, -0.15) is 0 Å². The van der Waals surface area contributed by atoms with Crippen molar-refractivity contribution in [3.05, 3.63) is 261 Å². The third-order valence-corrected chi connectivity index (χ3v) is 12.0. The number of benzene rings is 10. The Hall–Kier alpha value is -8.40. The van der Waals surface area contributed by atoms with E-state index in [1.807, 2.05) is 0 Å². The highest BCUT2D eigenvalue weighted by atomic mass is 15.1. The van der Waals surface area contributed by atoms with Gasteiger partial charge in [-0.15, -0.1) is 0 Å². The van der Waals surface area contributed by atoms with Gasteiger partial charge in [0.1, 0.15) is 0 Å². The van der Waals surface area contributed by atoms with Gasteiger partial charge >= 0.3 is 0 Å². The predicted molar refractivity (Wildman–Crippen MR) is 266 cm³/mol. The SMILES string of the molecule is c1ccc(-c2ccc(N(c3ccccc3)c3ccc(-n4c5ccc(-c6ccccc6)cc5c5ccc(N(c6ccccc6)c6ccc(-c7ccccc7)cc6)cc54)cc3)cc2)cc1. The minimum atomic E-state index is 1.08. The normalized spacial score (nSPS) is 11.2. The third kappa shape index (κ3) is 7.32. The molecule has 0 N–H and O–H groups in total. The standard InChI is InChI=1S/C60H43N3/c1-6-16-44(17-7-1)47-26-31-52(32-27-47)61(50-22-12-4-13-23-50)54-35-37-55(38-36-54)63-59-41-30-49(46-20-10-3-11-21-46)42-58(59)57-40-39-56(43-60(57)63)62(51-24-14-5-15-25-51)53-33-28-48(29-34-53)45-18-8-2-9-19-45/h1-43H. The molecule has 0 fully saturated rings. The second-order valence-electron chi connectivity index (χ2n) is 15.8. The number of hydrogen-bond acceptors (Lipinski definition) is 2. The number of nitrogens with zero attached hydrogens (tertiary/aromatic N) is 3. The molecule has 0 unspecified atom stereocenters. The average Bonchev–Trinajstić information content (AvgIpc) is 3.69. The van der Waals surface area contributed by atoms with Gasteiger partial charge in [-0.1, -0.05) is 164 Å². The Morgan fingerprint density at radius 3 is 1.05 bits per heavy atom. The third-order valence-electron chi connectivity index (χ3n) is 12.0. The van der Waals surface area contributed by atoms with E-state index in [0.717, 1.165) is 50.8 Å². The van der Waals surface area contributed by atoms with Crippen LogP contribution in [0.3, 0.4) is 0 Å². The van der Waals surface area contributed by atoms with Crippen molar-refractivity contribution in [1.29, 1.82) is 0 Å². The second kappa shape index (κ2) is 16.6. The molecule has 11 rings (SSSR count). The van der Waals surface area contributed by atoms with E-state index in [-0.39, 0.29) is 0 Å². The summed E-state index contributed by atoms with van der Waals surface area (Å²) in [6.45, 7) is 0. The first-order chi connectivity index (χ1) is 31.2. The van der Waals surface area contributed by atoms with E-state index in [1.54, 1.807) is 0 Å². The van der Waals surface area contributed by atoms with E-state index in [4.69, 9.17) is 0 Å². The van der Waals surface area contributed by atoms with Crippen molar-refractivity contribution in [3.8, 4) is 39.1 Å². The minimum absolute atomic E-state index is 1.08. The number of para-hydroxylation sites is 2. The Bertz CT molecular complexity index is 3270. The van der Waals surface area contributed by atoms with Gasteiger partial charge in [-0.05, 0) is 130 Å². The van der Waals surface area contributed by atoms with Gasteiger partial charge in [-0.25, -0.2) is 0 Å². The Morgan fingerprint density at radius 1 is 0.222 bits per heavy atom. The molecular formula is C60H43N3. The molecule has 0 amide bonds. The molecule has 3 heteroatoms. The van der Waals surface area contributed by atoms with Crippen LogP contribution < -0.4 is 9.80 Å². The molecule has 0 saturated carbocycles. The van der Waals surface area contributed by atoms with Crippen LogP contribution in [0.2, 0.25) is 0 Å². The predicted octanol–water partition coefficient (Wildman–Crippen LogP) is 16.7. The maximum absolute atomic E-state index is 2.43. The highest BCUT2D eigenvalue weighted by Gasteiger charge is 2.19. The molecule has 0 bridgehead atoms. The van der Waals surface area contributed by atoms with Gasteiger partial charge < -0.3 is 14.4 Å². The summed E-state index contributed by atoms with van der Waals surface area (Å²) in [6, 6.07) is 93.7. The molecule has 0 aliphatic heterocycles. The van der Waals surface area contributed by atoms with E-state index in [1.165, 1.54) is 44.2 Å². The molecule has 11 aromatic rings. The van der Waals surface area contributed by atoms with E-state index in [0.29, 0.717) is 0 Å². The van der Waals surface area contributed by atoms with Crippen LogP contribution in [0.4, 0.5) is 34.1 Å². The first-order valence-corrected chi connectivity index (χ1v) is 21.5. The molecule has 1 aromatic heterocycles. The summed E-state index contributed by atoms with van der Waals surface area (Å²) in [7, 11) is 0. The number of fused-ring (bicyclic) bond motifs is 3. The number of rotatable bonds is 10. The molecule has 298 valence electrons. The van der Waals surface area contributed by atoms with Crippen LogP contribution in [0, 0.1) is 0 Å². The van der Waals surface area contributed by atoms with Gasteiger partial charge in [0.05, 0.1) is 11.0 Å². The van der Waals surface area contributed by atoms with Gasteiger partial charge in [0, 0.05) is 50.6 Å². The Labute approximate surface area is 368 Å². The molecule has 3 nitrogen and oxygen atoms in total. The van der Waals surface area contributed by atoms with Crippen LogP contribution in [0.1, 0.15) is 0 Å². The fraction of sp³-hybridized carbons (Fsp3) is 0. The van der Waals surface area contributed by atoms with Gasteiger partial charge in [0.15, 0.2) is 0 Å². The van der Waals surface area contributed by atoms with Crippen LogP contribution in [-0.4, -0.2) is 4.57 Å². The lowest BCUT2D eigenvalue weighted by atomic mass is 10.0. The summed E-state index contributed by atoms with van der Waals surface area (Å²) in [6.07, 6.45) is 0. The van der Waals surface area contributed by atoms with Gasteiger partial charge in [0.25, 0.3) is 0 Å². The van der Waals surface area contributed by atoms with Crippen LogP contribution in [-0.2, 0) is 0 Å². The molecule has 0 aliphatic carbocycles. The summed E-state index contributed by atoms with van der Waals surface area (Å²) in [5.74, 6) is 0. The fourth-order valence-electron chi connectivity index (χ4n) is 8.90. The molecule has 63 heavy (non-hydrogen) atoms. The number of anilines is 6. The monoisotopic (exact) mass is 805 g/mol. The van der Waals surface area contributed by atoms with E-state index < -0.39 is 0 Å². The van der Waals surface area contributed by atoms with Crippen molar-refractivity contribution in [2.24, 2.45) is 0 Å². The van der Waals surface area contributed by atoms with Crippen LogP contribution in [0.5, 0.6) is 0 Å². The van der Waals surface area contributed by atoms with Crippen molar-refractivity contribution in [2.45, 2.75) is 0 Å². The smallest absolute Gasteiger partial charge is 0.0561 e. The van der Waals surface area contributed by atoms with E-state index in [2.05, 4.69) is 275 Å². The van der Waals surface area contributed by atoms with Gasteiger partial charge in [0.2, 0.25) is 0 Å². The average molecular weight is 806 g/mol. The highest BCUT2D eigenvalue weighted by molar-refractivity contribution is 6.11. The topological polar surface area (TPSA) is 11.4 Å². The van der Waals surface area contributed by atoms with E-state index in [9.17, 15) is 0 Å². The molecule has 0 spiro atoms. The summed E-state index contributed by atoms with van der Waals surface area (Å²) < 4.78 is 2.43. The maximum atomic E-state index is 2.43. The number of hydrogen-bond donors (Lipinski definition) is 0. The minimum Gasteiger partial charge on any atom is -0.311 e. The summed E-state index contributed by atoms with van der Waals surface area (Å²) in [4.78, 5) is 4.69. The van der Waals surface area contributed by atoms with Crippen molar-refractivity contribution < 1.29 is 0 Å². The molecule has 0 radical (unpaired) electrons. The molecule has 0 atom stereocenters. The first kappa shape index (κ1) is 37.6. The second-order valence-corrected chi connectivity index (χ2v) is 15.8. The zero-order valence-electron chi connectivity index (χ0n) is 34.7. The summed E-state index contributed by atoms with van der Waals surface area (Å²) in [5, 5.41) is 2.41. The summed E-state index contributed by atoms with van der Waals surface area (Å²) >= 11 is 0. The number of aromatic nitrogens is 1. The van der Waals surface area contributed by atoms with Crippen LogP contribution >= 0.6 is 0 Å². The quantitative estimate of drug-likeness (QED) is 0.136. The highest BCUT2D eigenvalue weighted by Crippen LogP contribution is 2.42. The molecule has 0 saturated heterocycles. The zero-order chi connectivity index (χ0) is 42.0. The Kier molecular flexibility index (Phi) is 9.89. The van der Waals surface area contributed by atoms with Crippen molar-refractivity contribution in [3.63, 3.8) is 0 Å². The zero-order valence-corrected chi connectivity index (χ0v) is 34.7. The lowest BCUT2D eigenvalue weighted by Gasteiger charge is -2.26. The lowest BCUT2D eigenvalue weighted by molar-refractivity contribution is 1.17. The van der Waals surface area contributed by atoms with Crippen molar-refractivity contribution in [2.75, 3.05) is 9.80 Å². The van der Waals surface area contributed by atoms with Crippen LogP contribution in [0.25, 0.3) is 60.9 Å². The van der Waals surface area contributed by atoms with Crippen LogP contribution in [0.15, 0.2) is 261 Å². The Balaban J connectivity index is 1.05. The van der Waals surface area contributed by atoms with E-state index >= 15 is 0 Å². The molecule has 0 aliphatic rings. The molecule has 10 aromatic carbocycles. The fourth-order valence-corrected chi connectivity index (χ4v) is 8.90. The van der Waals surface area contributed by atoms with Gasteiger partial charge in [-0.3, -0.25) is 0 Å². The van der Waals surface area contributed by atoms with Crippen molar-refractivity contribution >= 4 is 55.9 Å². The largest absolute Gasteiger partial charge is 0.311 e. The summed E-state index contributed by atoms with van der Waals surface area (Å²) in [5.41, 5.74) is 17.1. The van der Waals surface area contributed by atoms with Crippen molar-refractivity contribution in [1.82, 2.24) is 4.57 Å². The molecule has 1 heterocycles. The molecular weight excluding hydrogens is 763 g/mol. The maximum Gasteiger partial charge on any atom is 0.0561 e. The first-order valence-electron chi connectivity index (χ1n) is 21.5.